The van der Waals surface area contributed by atoms with Crippen molar-refractivity contribution < 1.29 is 9.47 Å². The fraction of sp³-hybridized carbons (Fsp3) is 0.800. The first-order chi connectivity index (χ1) is 6.29. The first kappa shape index (κ1) is 10.4. The summed E-state index contributed by atoms with van der Waals surface area (Å²) < 4.78 is 10.6. The van der Waals surface area contributed by atoms with Crippen LogP contribution in [0.2, 0.25) is 0 Å². The van der Waals surface area contributed by atoms with Gasteiger partial charge >= 0.3 is 0 Å². The van der Waals surface area contributed by atoms with E-state index in [1.807, 2.05) is 0 Å². The summed E-state index contributed by atoms with van der Waals surface area (Å²) in [6.07, 6.45) is 0.981. The highest BCUT2D eigenvalue weighted by atomic mass is 16.5. The molecule has 0 atom stereocenters. The SMILES string of the molecule is CCC1=C(C)N(CCOC)CCO1. The summed E-state index contributed by atoms with van der Waals surface area (Å²) in [5.74, 6) is 1.13. The molecule has 1 aliphatic rings. The second-order valence-electron chi connectivity index (χ2n) is 3.19. The van der Waals surface area contributed by atoms with Gasteiger partial charge in [-0.2, -0.15) is 0 Å². The molecule has 76 valence electrons. The lowest BCUT2D eigenvalue weighted by atomic mass is 10.2. The van der Waals surface area contributed by atoms with E-state index in [9.17, 15) is 0 Å². The summed E-state index contributed by atoms with van der Waals surface area (Å²) in [4.78, 5) is 2.33. The molecule has 0 N–H and O–H groups in total. The molecule has 0 bridgehead atoms. The Kier molecular flexibility index (Phi) is 4.09. The van der Waals surface area contributed by atoms with Crippen molar-refractivity contribution in [2.24, 2.45) is 0 Å². The number of hydrogen-bond donors (Lipinski definition) is 0. The molecule has 0 radical (unpaired) electrons. The summed E-state index contributed by atoms with van der Waals surface area (Å²) in [6, 6.07) is 0. The third-order valence-corrected chi connectivity index (χ3v) is 2.40. The Balaban J connectivity index is 2.54. The standard InChI is InChI=1S/C10H19NO2/c1-4-10-9(2)11(5-7-12-3)6-8-13-10/h4-8H2,1-3H3. The largest absolute Gasteiger partial charge is 0.494 e. The van der Waals surface area contributed by atoms with E-state index in [0.29, 0.717) is 0 Å². The average molecular weight is 185 g/mol. The minimum absolute atomic E-state index is 0.786. The van der Waals surface area contributed by atoms with Crippen LogP contribution in [0.3, 0.4) is 0 Å². The van der Waals surface area contributed by atoms with E-state index in [-0.39, 0.29) is 0 Å². The summed E-state index contributed by atoms with van der Waals surface area (Å²) in [5.41, 5.74) is 1.27. The normalized spacial score (nSPS) is 17.6. The zero-order chi connectivity index (χ0) is 9.68. The van der Waals surface area contributed by atoms with Crippen molar-refractivity contribution in [2.45, 2.75) is 20.3 Å². The molecule has 0 amide bonds. The van der Waals surface area contributed by atoms with E-state index in [0.717, 1.165) is 38.5 Å². The van der Waals surface area contributed by atoms with Gasteiger partial charge in [0.05, 0.1) is 13.2 Å². The van der Waals surface area contributed by atoms with Gasteiger partial charge < -0.3 is 14.4 Å². The zero-order valence-electron chi connectivity index (χ0n) is 8.80. The number of rotatable bonds is 4. The quantitative estimate of drug-likeness (QED) is 0.664. The minimum atomic E-state index is 0.786. The van der Waals surface area contributed by atoms with Crippen molar-refractivity contribution in [3.63, 3.8) is 0 Å². The van der Waals surface area contributed by atoms with Gasteiger partial charge in [0.15, 0.2) is 0 Å². The van der Waals surface area contributed by atoms with Crippen LogP contribution in [0.15, 0.2) is 11.5 Å². The lowest BCUT2D eigenvalue weighted by molar-refractivity contribution is 0.100. The maximum absolute atomic E-state index is 5.55. The van der Waals surface area contributed by atoms with Crippen molar-refractivity contribution in [3.05, 3.63) is 11.5 Å². The molecule has 0 spiro atoms. The van der Waals surface area contributed by atoms with Crippen LogP contribution < -0.4 is 0 Å². The number of allylic oxidation sites excluding steroid dienone is 2. The number of nitrogens with zero attached hydrogens (tertiary/aromatic N) is 1. The highest BCUT2D eigenvalue weighted by Gasteiger charge is 2.15. The van der Waals surface area contributed by atoms with E-state index in [2.05, 4.69) is 18.7 Å². The molecule has 3 nitrogen and oxygen atoms in total. The lowest BCUT2D eigenvalue weighted by Crippen LogP contribution is -2.33. The van der Waals surface area contributed by atoms with Gasteiger partial charge in [0.1, 0.15) is 12.4 Å². The molecule has 0 aliphatic carbocycles. The van der Waals surface area contributed by atoms with Crippen LogP contribution in [-0.2, 0) is 9.47 Å². The van der Waals surface area contributed by atoms with Crippen LogP contribution in [0.25, 0.3) is 0 Å². The highest BCUT2D eigenvalue weighted by Crippen LogP contribution is 2.18. The molecule has 13 heavy (non-hydrogen) atoms. The molecule has 0 aromatic heterocycles. The molecule has 1 rings (SSSR count). The van der Waals surface area contributed by atoms with E-state index in [4.69, 9.17) is 9.47 Å². The molecular formula is C10H19NO2. The lowest BCUT2D eigenvalue weighted by Gasteiger charge is -2.31. The van der Waals surface area contributed by atoms with Crippen LogP contribution in [-0.4, -0.2) is 38.3 Å². The third kappa shape index (κ3) is 2.62. The van der Waals surface area contributed by atoms with Gasteiger partial charge in [-0.25, -0.2) is 0 Å². The Labute approximate surface area is 80.3 Å². The highest BCUT2D eigenvalue weighted by molar-refractivity contribution is 5.07. The average Bonchev–Trinajstić information content (AvgIpc) is 2.16. The topological polar surface area (TPSA) is 21.7 Å². The molecule has 1 aliphatic heterocycles. The van der Waals surface area contributed by atoms with E-state index in [1.165, 1.54) is 5.70 Å². The maximum Gasteiger partial charge on any atom is 0.115 e. The molecule has 0 saturated heterocycles. The van der Waals surface area contributed by atoms with Gasteiger partial charge in [-0.15, -0.1) is 0 Å². The smallest absolute Gasteiger partial charge is 0.115 e. The van der Waals surface area contributed by atoms with Gasteiger partial charge in [-0.3, -0.25) is 0 Å². The van der Waals surface area contributed by atoms with Gasteiger partial charge in [0, 0.05) is 25.8 Å². The van der Waals surface area contributed by atoms with Crippen molar-refractivity contribution in [3.8, 4) is 0 Å². The second kappa shape index (κ2) is 5.12. The minimum Gasteiger partial charge on any atom is -0.494 e. The van der Waals surface area contributed by atoms with Crippen molar-refractivity contribution >= 4 is 0 Å². The molecule has 0 aromatic carbocycles. The number of methoxy groups -OCH3 is 1. The molecule has 0 aromatic rings. The monoisotopic (exact) mass is 185 g/mol. The van der Waals surface area contributed by atoms with E-state index in [1.54, 1.807) is 7.11 Å². The van der Waals surface area contributed by atoms with Gasteiger partial charge in [0.25, 0.3) is 0 Å². The molecule has 0 fully saturated rings. The van der Waals surface area contributed by atoms with E-state index < -0.39 is 0 Å². The molecule has 1 heterocycles. The number of ether oxygens (including phenoxy) is 2. The predicted octanol–water partition coefficient (Wildman–Crippen LogP) is 1.61. The molecular weight excluding hydrogens is 166 g/mol. The maximum atomic E-state index is 5.55. The van der Waals surface area contributed by atoms with Gasteiger partial charge in [-0.05, 0) is 6.92 Å². The third-order valence-electron chi connectivity index (χ3n) is 2.40. The molecule has 0 unspecified atom stereocenters. The van der Waals surface area contributed by atoms with Crippen LogP contribution in [0, 0.1) is 0 Å². The summed E-state index contributed by atoms with van der Waals surface area (Å²) in [5, 5.41) is 0. The summed E-state index contributed by atoms with van der Waals surface area (Å²) in [6.45, 7) is 7.79. The Bertz CT molecular complexity index is 189. The van der Waals surface area contributed by atoms with Crippen LogP contribution in [0.4, 0.5) is 0 Å². The van der Waals surface area contributed by atoms with Crippen LogP contribution >= 0.6 is 0 Å². The summed E-state index contributed by atoms with van der Waals surface area (Å²) >= 11 is 0. The zero-order valence-corrected chi connectivity index (χ0v) is 8.80. The van der Waals surface area contributed by atoms with Crippen molar-refractivity contribution in [1.29, 1.82) is 0 Å². The first-order valence-corrected chi connectivity index (χ1v) is 4.86. The Morgan fingerprint density at radius 1 is 1.54 bits per heavy atom. The van der Waals surface area contributed by atoms with Crippen molar-refractivity contribution in [1.82, 2.24) is 4.90 Å². The van der Waals surface area contributed by atoms with Gasteiger partial charge in [0.2, 0.25) is 0 Å². The molecule has 3 heteroatoms. The first-order valence-electron chi connectivity index (χ1n) is 4.86. The van der Waals surface area contributed by atoms with Crippen LogP contribution in [0.1, 0.15) is 20.3 Å². The summed E-state index contributed by atoms with van der Waals surface area (Å²) in [7, 11) is 1.74. The fourth-order valence-corrected chi connectivity index (χ4v) is 1.57. The Morgan fingerprint density at radius 3 is 2.92 bits per heavy atom. The molecule has 0 saturated carbocycles. The Morgan fingerprint density at radius 2 is 2.31 bits per heavy atom. The predicted molar refractivity (Wildman–Crippen MR) is 52.4 cm³/mol. The fourth-order valence-electron chi connectivity index (χ4n) is 1.57. The second-order valence-corrected chi connectivity index (χ2v) is 3.19. The van der Waals surface area contributed by atoms with Crippen LogP contribution in [0.5, 0.6) is 0 Å². The van der Waals surface area contributed by atoms with Crippen molar-refractivity contribution in [2.75, 3.05) is 33.4 Å². The Hall–Kier alpha value is -0.700. The van der Waals surface area contributed by atoms with E-state index >= 15 is 0 Å². The van der Waals surface area contributed by atoms with Gasteiger partial charge in [-0.1, -0.05) is 6.92 Å². The number of hydrogen-bond acceptors (Lipinski definition) is 3.